The zero-order valence-electron chi connectivity index (χ0n) is 12.5. The fourth-order valence-electron chi connectivity index (χ4n) is 2.74. The number of nitrogens with zero attached hydrogens (tertiary/aromatic N) is 1. The second-order valence-electron chi connectivity index (χ2n) is 5.90. The third-order valence-electron chi connectivity index (χ3n) is 4.47. The SMILES string of the molecule is CN[C@H](C)CCC[C@@H](C)N(C)C(=O)C1CCCC1. The van der Waals surface area contributed by atoms with E-state index in [1.165, 1.54) is 25.7 Å². The van der Waals surface area contributed by atoms with Crippen molar-refractivity contribution >= 4 is 5.91 Å². The second-order valence-corrected chi connectivity index (χ2v) is 5.90. The van der Waals surface area contributed by atoms with E-state index < -0.39 is 0 Å². The minimum Gasteiger partial charge on any atom is -0.343 e. The van der Waals surface area contributed by atoms with Crippen molar-refractivity contribution in [3.63, 3.8) is 0 Å². The van der Waals surface area contributed by atoms with Crippen LogP contribution < -0.4 is 5.32 Å². The summed E-state index contributed by atoms with van der Waals surface area (Å²) in [5.41, 5.74) is 0. The van der Waals surface area contributed by atoms with Gasteiger partial charge in [-0.2, -0.15) is 0 Å². The number of hydrogen-bond acceptors (Lipinski definition) is 2. The first-order valence-corrected chi connectivity index (χ1v) is 7.50. The summed E-state index contributed by atoms with van der Waals surface area (Å²) in [5, 5.41) is 3.25. The molecule has 0 aromatic carbocycles. The number of nitrogens with one attached hydrogen (secondary N) is 1. The molecule has 106 valence electrons. The number of amides is 1. The maximum absolute atomic E-state index is 12.3. The Bertz CT molecular complexity index is 249. The lowest BCUT2D eigenvalue weighted by Crippen LogP contribution is -2.38. The monoisotopic (exact) mass is 254 g/mol. The van der Waals surface area contributed by atoms with E-state index in [0.29, 0.717) is 23.9 Å². The van der Waals surface area contributed by atoms with E-state index in [-0.39, 0.29) is 0 Å². The third-order valence-corrected chi connectivity index (χ3v) is 4.47. The fourth-order valence-corrected chi connectivity index (χ4v) is 2.74. The molecular weight excluding hydrogens is 224 g/mol. The number of carbonyl (C=O) groups is 1. The van der Waals surface area contributed by atoms with Crippen LogP contribution in [0.25, 0.3) is 0 Å². The first kappa shape index (κ1) is 15.5. The van der Waals surface area contributed by atoms with Crippen LogP contribution in [0.2, 0.25) is 0 Å². The molecule has 0 spiro atoms. The van der Waals surface area contributed by atoms with Gasteiger partial charge in [0.15, 0.2) is 0 Å². The van der Waals surface area contributed by atoms with Gasteiger partial charge in [-0.25, -0.2) is 0 Å². The molecule has 3 nitrogen and oxygen atoms in total. The molecule has 1 amide bonds. The summed E-state index contributed by atoms with van der Waals surface area (Å²) in [4.78, 5) is 14.2. The average molecular weight is 254 g/mol. The minimum absolute atomic E-state index is 0.314. The molecule has 0 saturated heterocycles. The largest absolute Gasteiger partial charge is 0.343 e. The van der Waals surface area contributed by atoms with Crippen molar-refractivity contribution in [1.29, 1.82) is 0 Å². The van der Waals surface area contributed by atoms with Crippen LogP contribution in [0, 0.1) is 5.92 Å². The molecule has 0 aromatic heterocycles. The van der Waals surface area contributed by atoms with Gasteiger partial charge in [-0.05, 0) is 53.0 Å². The van der Waals surface area contributed by atoms with Gasteiger partial charge in [0, 0.05) is 25.0 Å². The minimum atomic E-state index is 0.314. The van der Waals surface area contributed by atoms with Crippen molar-refractivity contribution < 1.29 is 4.79 Å². The fraction of sp³-hybridized carbons (Fsp3) is 0.933. The lowest BCUT2D eigenvalue weighted by atomic mass is 10.0. The van der Waals surface area contributed by atoms with Crippen molar-refractivity contribution in [1.82, 2.24) is 10.2 Å². The van der Waals surface area contributed by atoms with Gasteiger partial charge in [0.1, 0.15) is 0 Å². The van der Waals surface area contributed by atoms with Crippen LogP contribution in [0.3, 0.4) is 0 Å². The highest BCUT2D eigenvalue weighted by Gasteiger charge is 2.27. The maximum atomic E-state index is 12.3. The van der Waals surface area contributed by atoms with Gasteiger partial charge in [0.2, 0.25) is 5.91 Å². The summed E-state index contributed by atoms with van der Waals surface area (Å²) in [6.07, 6.45) is 8.16. The van der Waals surface area contributed by atoms with Crippen molar-refractivity contribution in [2.45, 2.75) is 70.9 Å². The van der Waals surface area contributed by atoms with E-state index in [9.17, 15) is 4.79 Å². The zero-order valence-corrected chi connectivity index (χ0v) is 12.5. The number of hydrogen-bond donors (Lipinski definition) is 1. The Hall–Kier alpha value is -0.570. The van der Waals surface area contributed by atoms with Crippen molar-refractivity contribution in [3.8, 4) is 0 Å². The quantitative estimate of drug-likeness (QED) is 0.757. The molecule has 0 aliphatic heterocycles. The van der Waals surface area contributed by atoms with Crippen LogP contribution in [-0.2, 0) is 4.79 Å². The molecule has 2 atom stereocenters. The van der Waals surface area contributed by atoms with E-state index in [2.05, 4.69) is 19.2 Å². The van der Waals surface area contributed by atoms with Gasteiger partial charge in [0.25, 0.3) is 0 Å². The third kappa shape index (κ3) is 4.60. The van der Waals surface area contributed by atoms with Crippen molar-refractivity contribution in [2.75, 3.05) is 14.1 Å². The highest BCUT2D eigenvalue weighted by molar-refractivity contribution is 5.79. The maximum Gasteiger partial charge on any atom is 0.225 e. The molecule has 1 N–H and O–H groups in total. The molecular formula is C15H30N2O. The molecule has 1 saturated carbocycles. The highest BCUT2D eigenvalue weighted by Crippen LogP contribution is 2.27. The van der Waals surface area contributed by atoms with E-state index in [0.717, 1.165) is 19.3 Å². The van der Waals surface area contributed by atoms with Gasteiger partial charge in [-0.15, -0.1) is 0 Å². The Morgan fingerprint density at radius 3 is 2.44 bits per heavy atom. The van der Waals surface area contributed by atoms with E-state index in [4.69, 9.17) is 0 Å². The van der Waals surface area contributed by atoms with Crippen molar-refractivity contribution in [3.05, 3.63) is 0 Å². The smallest absolute Gasteiger partial charge is 0.225 e. The topological polar surface area (TPSA) is 32.3 Å². The Balaban J connectivity index is 2.27. The lowest BCUT2D eigenvalue weighted by Gasteiger charge is -2.28. The van der Waals surface area contributed by atoms with E-state index in [1.54, 1.807) is 0 Å². The molecule has 1 rings (SSSR count). The number of carbonyl (C=O) groups excluding carboxylic acids is 1. The summed E-state index contributed by atoms with van der Waals surface area (Å²) in [7, 11) is 3.98. The zero-order chi connectivity index (χ0) is 13.5. The van der Waals surface area contributed by atoms with Gasteiger partial charge in [-0.1, -0.05) is 12.8 Å². The molecule has 18 heavy (non-hydrogen) atoms. The summed E-state index contributed by atoms with van der Waals surface area (Å²) in [6.45, 7) is 4.38. The molecule has 1 aliphatic rings. The normalized spacial score (nSPS) is 19.8. The summed E-state index contributed by atoms with van der Waals surface area (Å²) < 4.78 is 0. The van der Waals surface area contributed by atoms with Gasteiger partial charge in [0.05, 0.1) is 0 Å². The summed E-state index contributed by atoms with van der Waals surface area (Å²) in [5.74, 6) is 0.690. The standard InChI is InChI=1S/C15H30N2O/c1-12(16-3)8-7-9-13(2)17(4)15(18)14-10-5-6-11-14/h12-14,16H,5-11H2,1-4H3/t12-,13-/m1/s1. The first-order valence-electron chi connectivity index (χ1n) is 7.50. The first-order chi connectivity index (χ1) is 8.56. The van der Waals surface area contributed by atoms with Crippen molar-refractivity contribution in [2.24, 2.45) is 5.92 Å². The predicted octanol–water partition coefficient (Wildman–Crippen LogP) is 2.80. The molecule has 0 aromatic rings. The average Bonchev–Trinajstić information content (AvgIpc) is 2.90. The molecule has 0 unspecified atom stereocenters. The van der Waals surface area contributed by atoms with Crippen LogP contribution >= 0.6 is 0 Å². The van der Waals surface area contributed by atoms with Crippen LogP contribution in [0.1, 0.15) is 58.8 Å². The van der Waals surface area contributed by atoms with Gasteiger partial charge < -0.3 is 10.2 Å². The Kier molecular flexibility index (Phi) is 6.69. The Labute approximate surface area is 112 Å². The Morgan fingerprint density at radius 1 is 1.28 bits per heavy atom. The van der Waals surface area contributed by atoms with Crippen LogP contribution in [0.5, 0.6) is 0 Å². The second kappa shape index (κ2) is 7.78. The lowest BCUT2D eigenvalue weighted by molar-refractivity contribution is -0.135. The molecule has 0 bridgehead atoms. The molecule has 1 aliphatic carbocycles. The van der Waals surface area contributed by atoms with E-state index >= 15 is 0 Å². The Morgan fingerprint density at radius 2 is 1.89 bits per heavy atom. The van der Waals surface area contributed by atoms with Crippen LogP contribution in [0.4, 0.5) is 0 Å². The summed E-state index contributed by atoms with van der Waals surface area (Å²) in [6, 6.07) is 0.954. The molecule has 0 heterocycles. The van der Waals surface area contributed by atoms with Gasteiger partial charge >= 0.3 is 0 Å². The van der Waals surface area contributed by atoms with Crippen LogP contribution in [0.15, 0.2) is 0 Å². The number of rotatable bonds is 7. The van der Waals surface area contributed by atoms with Crippen LogP contribution in [-0.4, -0.2) is 37.0 Å². The molecule has 1 fully saturated rings. The highest BCUT2D eigenvalue weighted by atomic mass is 16.2. The van der Waals surface area contributed by atoms with Gasteiger partial charge in [-0.3, -0.25) is 4.79 Å². The molecule has 0 radical (unpaired) electrons. The predicted molar refractivity (Wildman–Crippen MR) is 76.6 cm³/mol. The molecule has 3 heteroatoms. The van der Waals surface area contributed by atoms with E-state index in [1.807, 2.05) is 19.0 Å². The summed E-state index contributed by atoms with van der Waals surface area (Å²) >= 11 is 0.